The number of aromatic nitrogens is 5. The second-order valence-corrected chi connectivity index (χ2v) is 6.76. The van der Waals surface area contributed by atoms with Crippen LogP contribution in [0.15, 0.2) is 61.3 Å². The lowest BCUT2D eigenvalue weighted by molar-refractivity contribution is 0.102. The zero-order valence-electron chi connectivity index (χ0n) is 15.3. The van der Waals surface area contributed by atoms with Crippen LogP contribution in [0, 0.1) is 0 Å². The smallest absolute Gasteiger partial charge is 0.257 e. The number of imidazole rings is 1. The van der Waals surface area contributed by atoms with Gasteiger partial charge < -0.3 is 10.6 Å². The van der Waals surface area contributed by atoms with E-state index in [0.717, 1.165) is 5.56 Å². The third-order valence-corrected chi connectivity index (χ3v) is 4.65. The third kappa shape index (κ3) is 4.16. The Morgan fingerprint density at radius 3 is 2.90 bits per heavy atom. The van der Waals surface area contributed by atoms with Crippen LogP contribution in [-0.4, -0.2) is 29.8 Å². The number of anilines is 2. The summed E-state index contributed by atoms with van der Waals surface area (Å²) >= 11 is 0.0192. The average molecular weight is 409 g/mol. The van der Waals surface area contributed by atoms with Crippen LogP contribution >= 0.6 is 12.3 Å². The molecule has 2 N–H and O–H groups in total. The molecule has 10 heteroatoms. The maximum atomic E-state index is 12.8. The molecule has 0 aliphatic carbocycles. The molecule has 0 saturated carbocycles. The fourth-order valence-electron chi connectivity index (χ4n) is 2.79. The Morgan fingerprint density at radius 1 is 1.21 bits per heavy atom. The molecule has 1 aromatic carbocycles. The van der Waals surface area contributed by atoms with Crippen LogP contribution in [0.25, 0.3) is 11.3 Å². The predicted octanol–water partition coefficient (Wildman–Crippen LogP) is 4.03. The minimum Gasteiger partial charge on any atom is -0.362 e. The summed E-state index contributed by atoms with van der Waals surface area (Å²) < 4.78 is 14.0. The lowest BCUT2D eigenvalue weighted by Gasteiger charge is -2.16. The summed E-state index contributed by atoms with van der Waals surface area (Å²) in [6.07, 6.45) is 5.99. The largest absolute Gasteiger partial charge is 0.362 e. The van der Waals surface area contributed by atoms with Crippen LogP contribution in [-0.2, 0) is 0 Å². The molecule has 0 radical (unpaired) electrons. The molecule has 4 rings (SSSR count). The van der Waals surface area contributed by atoms with Crippen LogP contribution in [0.5, 0.6) is 0 Å². The monoisotopic (exact) mass is 409 g/mol. The maximum absolute atomic E-state index is 12.8. The molecule has 0 saturated heterocycles. The molecular weight excluding hydrogens is 393 g/mol. The number of hydrogen-bond acceptors (Lipinski definition) is 7. The Hall–Kier alpha value is -3.53. The summed E-state index contributed by atoms with van der Waals surface area (Å²) in [6.45, 7) is 1.96. The van der Waals surface area contributed by atoms with Gasteiger partial charge in [0.1, 0.15) is 12.1 Å². The minimum atomic E-state index is -0.228. The van der Waals surface area contributed by atoms with Crippen LogP contribution in [0.3, 0.4) is 0 Å². The van der Waals surface area contributed by atoms with Crippen molar-refractivity contribution in [1.82, 2.24) is 23.9 Å². The highest BCUT2D eigenvalue weighted by Gasteiger charge is 2.12. The van der Waals surface area contributed by atoms with Crippen molar-refractivity contribution >= 4 is 41.0 Å². The van der Waals surface area contributed by atoms with Gasteiger partial charge in [0.2, 0.25) is 0 Å². The number of carbonyl (C=O) groups excluding carboxylic acids is 1. The van der Waals surface area contributed by atoms with Gasteiger partial charge in [-0.15, -0.1) is 3.89 Å². The van der Waals surface area contributed by atoms with Gasteiger partial charge in [0.15, 0.2) is 23.6 Å². The molecule has 3 heterocycles. The fourth-order valence-corrected chi connectivity index (χ4v) is 3.07. The molecule has 146 valence electrons. The molecule has 29 heavy (non-hydrogen) atoms. The van der Waals surface area contributed by atoms with Crippen molar-refractivity contribution < 1.29 is 8.68 Å². The van der Waals surface area contributed by atoms with Crippen molar-refractivity contribution in [3.8, 4) is 0 Å². The Kier molecular flexibility index (Phi) is 5.34. The van der Waals surface area contributed by atoms with Crippen molar-refractivity contribution in [3.63, 3.8) is 0 Å². The molecule has 0 aliphatic heterocycles. The predicted molar refractivity (Wildman–Crippen MR) is 110 cm³/mol. The zero-order valence-corrected chi connectivity index (χ0v) is 16.1. The molecule has 0 spiro atoms. The summed E-state index contributed by atoms with van der Waals surface area (Å²) in [4.78, 5) is 28.9. The van der Waals surface area contributed by atoms with Crippen LogP contribution in [0.2, 0.25) is 0 Å². The highest BCUT2D eigenvalue weighted by molar-refractivity contribution is 7.92. The molecule has 1 unspecified atom stereocenters. The van der Waals surface area contributed by atoms with Gasteiger partial charge in [0.25, 0.3) is 5.91 Å². The van der Waals surface area contributed by atoms with Gasteiger partial charge in [-0.3, -0.25) is 9.78 Å². The van der Waals surface area contributed by atoms with Gasteiger partial charge in [-0.1, -0.05) is 12.1 Å². The van der Waals surface area contributed by atoms with Crippen molar-refractivity contribution in [3.05, 3.63) is 72.4 Å². The molecule has 4 aromatic rings. The summed E-state index contributed by atoms with van der Waals surface area (Å²) in [5, 5.41) is 6.11. The number of carbonyl (C=O) groups is 1. The number of hydrogen-bond donors (Lipinski definition) is 2. The standard InChI is InChI=1S/C19H16FN7OS/c1-12(24-16-10-22-18-17(26-16)23-11-27(18)29-20)13-4-2-6-15(8-13)25-19(28)14-5-3-7-21-9-14/h2-12H,1H3,(H,24,26)(H,25,28). The first-order valence-electron chi connectivity index (χ1n) is 8.71. The van der Waals surface area contributed by atoms with Crippen molar-refractivity contribution in [2.24, 2.45) is 0 Å². The Morgan fingerprint density at radius 2 is 2.10 bits per heavy atom. The van der Waals surface area contributed by atoms with Crippen molar-refractivity contribution in [2.75, 3.05) is 10.6 Å². The molecule has 0 fully saturated rings. The molecule has 0 bridgehead atoms. The van der Waals surface area contributed by atoms with E-state index in [2.05, 4.69) is 30.6 Å². The van der Waals surface area contributed by atoms with Gasteiger partial charge >= 0.3 is 0 Å². The average Bonchev–Trinajstić information content (AvgIpc) is 3.17. The third-order valence-electron chi connectivity index (χ3n) is 4.24. The summed E-state index contributed by atoms with van der Waals surface area (Å²) in [5.41, 5.74) is 2.81. The molecule has 8 nitrogen and oxygen atoms in total. The normalized spacial score (nSPS) is 11.9. The van der Waals surface area contributed by atoms with Gasteiger partial charge in [0, 0.05) is 18.1 Å². The van der Waals surface area contributed by atoms with Gasteiger partial charge in [0.05, 0.1) is 17.8 Å². The number of rotatable bonds is 6. The topological polar surface area (TPSA) is 97.6 Å². The molecule has 1 atom stereocenters. The number of benzene rings is 1. The Balaban J connectivity index is 1.48. The van der Waals surface area contributed by atoms with E-state index in [1.165, 1.54) is 22.7 Å². The molecule has 0 aliphatic rings. The summed E-state index contributed by atoms with van der Waals surface area (Å²) in [5.74, 6) is 0.289. The summed E-state index contributed by atoms with van der Waals surface area (Å²) in [6, 6.07) is 10.8. The molecule has 1 amide bonds. The number of nitrogens with zero attached hydrogens (tertiary/aromatic N) is 5. The minimum absolute atomic E-state index is 0.0192. The second-order valence-electron chi connectivity index (χ2n) is 6.23. The number of nitrogens with one attached hydrogen (secondary N) is 2. The highest BCUT2D eigenvalue weighted by atomic mass is 32.2. The lowest BCUT2D eigenvalue weighted by atomic mass is 10.1. The fraction of sp³-hybridized carbons (Fsp3) is 0.105. The van der Waals surface area contributed by atoms with Crippen LogP contribution in [0.1, 0.15) is 28.9 Å². The maximum Gasteiger partial charge on any atom is 0.257 e. The molecular formula is C19H16FN7OS. The van der Waals surface area contributed by atoms with E-state index < -0.39 is 0 Å². The SMILES string of the molecule is CC(Nc1cnc2c(ncn2SF)n1)c1cccc(NC(=O)c2cccnc2)c1. The number of amides is 1. The van der Waals surface area contributed by atoms with Crippen LogP contribution < -0.4 is 10.6 Å². The van der Waals surface area contributed by atoms with Gasteiger partial charge in [-0.2, -0.15) is 0 Å². The van der Waals surface area contributed by atoms with E-state index in [0.29, 0.717) is 28.4 Å². The second kappa shape index (κ2) is 8.23. The number of halogens is 1. The van der Waals surface area contributed by atoms with E-state index in [-0.39, 0.29) is 24.3 Å². The number of pyridine rings is 1. The highest BCUT2D eigenvalue weighted by Crippen LogP contribution is 2.23. The van der Waals surface area contributed by atoms with E-state index in [4.69, 9.17) is 0 Å². The Bertz CT molecular complexity index is 1150. The number of fused-ring (bicyclic) bond motifs is 1. The first kappa shape index (κ1) is 18.8. The zero-order chi connectivity index (χ0) is 20.2. The van der Waals surface area contributed by atoms with Gasteiger partial charge in [-0.25, -0.2) is 18.9 Å². The first-order chi connectivity index (χ1) is 14.1. The van der Waals surface area contributed by atoms with E-state index in [9.17, 15) is 8.68 Å². The Labute approximate surface area is 170 Å². The lowest BCUT2D eigenvalue weighted by Crippen LogP contribution is -2.13. The van der Waals surface area contributed by atoms with E-state index in [1.54, 1.807) is 18.3 Å². The van der Waals surface area contributed by atoms with Crippen molar-refractivity contribution in [2.45, 2.75) is 13.0 Å². The van der Waals surface area contributed by atoms with Crippen molar-refractivity contribution in [1.29, 1.82) is 0 Å². The quantitative estimate of drug-likeness (QED) is 0.496. The van der Waals surface area contributed by atoms with E-state index >= 15 is 0 Å². The van der Waals surface area contributed by atoms with Crippen LogP contribution in [0.4, 0.5) is 15.4 Å². The summed E-state index contributed by atoms with van der Waals surface area (Å²) in [7, 11) is 0. The van der Waals surface area contributed by atoms with E-state index in [1.807, 2.05) is 31.2 Å². The van der Waals surface area contributed by atoms with Gasteiger partial charge in [-0.05, 0) is 36.8 Å². The molecule has 3 aromatic heterocycles. The first-order valence-corrected chi connectivity index (χ1v) is 9.38.